The smallest absolute Gasteiger partial charge is 0.307 e. The summed E-state index contributed by atoms with van der Waals surface area (Å²) in [6.07, 6.45) is -0.0855. The van der Waals surface area contributed by atoms with Gasteiger partial charge in [0.1, 0.15) is 0 Å². The Bertz CT molecular complexity index is 437. The molecule has 0 aromatic heterocycles. The number of carboxylic acid groups (broad SMARTS) is 2. The fraction of sp³-hybridized carbons (Fsp3) is 0.385. The van der Waals surface area contributed by atoms with Crippen molar-refractivity contribution < 1.29 is 19.8 Å². The zero-order valence-electron chi connectivity index (χ0n) is 9.93. The van der Waals surface area contributed by atoms with E-state index in [9.17, 15) is 9.59 Å². The first kappa shape index (κ1) is 13.2. The molecule has 0 aliphatic rings. The molecule has 92 valence electrons. The summed E-state index contributed by atoms with van der Waals surface area (Å²) in [5.41, 5.74) is 3.02. The van der Waals surface area contributed by atoms with Crippen molar-refractivity contribution in [1.82, 2.24) is 0 Å². The van der Waals surface area contributed by atoms with Gasteiger partial charge in [-0.15, -0.1) is 0 Å². The van der Waals surface area contributed by atoms with Gasteiger partial charge < -0.3 is 10.2 Å². The van der Waals surface area contributed by atoms with E-state index in [2.05, 4.69) is 0 Å². The summed E-state index contributed by atoms with van der Waals surface area (Å²) in [5, 5.41) is 17.7. The fourth-order valence-electron chi connectivity index (χ4n) is 1.76. The average molecular weight is 236 g/mol. The fourth-order valence-corrected chi connectivity index (χ4v) is 1.76. The van der Waals surface area contributed by atoms with E-state index in [0.717, 1.165) is 16.7 Å². The van der Waals surface area contributed by atoms with Gasteiger partial charge in [-0.25, -0.2) is 0 Å². The Morgan fingerprint density at radius 3 is 2.41 bits per heavy atom. The highest BCUT2D eigenvalue weighted by molar-refractivity contribution is 5.78. The molecule has 1 rings (SSSR count). The highest BCUT2D eigenvalue weighted by Crippen LogP contribution is 2.19. The number of aryl methyl sites for hydroxylation is 1. The van der Waals surface area contributed by atoms with E-state index >= 15 is 0 Å². The van der Waals surface area contributed by atoms with Gasteiger partial charge in [0.2, 0.25) is 0 Å². The molecule has 4 nitrogen and oxygen atoms in total. The second kappa shape index (κ2) is 5.48. The van der Waals surface area contributed by atoms with Crippen molar-refractivity contribution in [2.24, 2.45) is 5.92 Å². The molecule has 0 radical (unpaired) electrons. The summed E-state index contributed by atoms with van der Waals surface area (Å²) in [4.78, 5) is 21.6. The Morgan fingerprint density at radius 1 is 1.24 bits per heavy atom. The number of carbonyl (C=O) groups is 2. The molecule has 0 saturated heterocycles. The van der Waals surface area contributed by atoms with E-state index in [1.54, 1.807) is 0 Å². The zero-order chi connectivity index (χ0) is 13.0. The largest absolute Gasteiger partial charge is 0.481 e. The molecule has 1 aromatic carbocycles. The maximum absolute atomic E-state index is 11.0. The first-order chi connectivity index (χ1) is 7.91. The molecule has 1 unspecified atom stereocenters. The van der Waals surface area contributed by atoms with Crippen LogP contribution in [0.25, 0.3) is 0 Å². The quantitative estimate of drug-likeness (QED) is 0.820. The van der Waals surface area contributed by atoms with Crippen molar-refractivity contribution in [1.29, 1.82) is 0 Å². The number of aliphatic carboxylic acids is 2. The molecule has 0 spiro atoms. The van der Waals surface area contributed by atoms with Crippen LogP contribution in [0.4, 0.5) is 0 Å². The summed E-state index contributed by atoms with van der Waals surface area (Å²) >= 11 is 0. The monoisotopic (exact) mass is 236 g/mol. The molecule has 2 N–H and O–H groups in total. The summed E-state index contributed by atoms with van der Waals surface area (Å²) < 4.78 is 0. The molecule has 4 heteroatoms. The minimum absolute atomic E-state index is 0.259. The SMILES string of the molecule is Cc1cccc(CC(CC(=O)O)C(=O)O)c1C. The lowest BCUT2D eigenvalue weighted by atomic mass is 9.92. The van der Waals surface area contributed by atoms with Crippen LogP contribution in [0.2, 0.25) is 0 Å². The van der Waals surface area contributed by atoms with Gasteiger partial charge in [0.25, 0.3) is 0 Å². The molecule has 0 amide bonds. The highest BCUT2D eigenvalue weighted by atomic mass is 16.4. The van der Waals surface area contributed by atoms with Crippen molar-refractivity contribution in [3.63, 3.8) is 0 Å². The third kappa shape index (κ3) is 3.59. The van der Waals surface area contributed by atoms with Crippen LogP contribution in [0.3, 0.4) is 0 Å². The van der Waals surface area contributed by atoms with E-state index in [1.807, 2.05) is 32.0 Å². The maximum atomic E-state index is 11.0. The van der Waals surface area contributed by atoms with Gasteiger partial charge in [0.15, 0.2) is 0 Å². The van der Waals surface area contributed by atoms with Gasteiger partial charge in [-0.05, 0) is 37.0 Å². The Morgan fingerprint density at radius 2 is 1.88 bits per heavy atom. The summed E-state index contributed by atoms with van der Waals surface area (Å²) in [7, 11) is 0. The van der Waals surface area contributed by atoms with E-state index < -0.39 is 17.9 Å². The van der Waals surface area contributed by atoms with Crippen LogP contribution < -0.4 is 0 Å². The van der Waals surface area contributed by atoms with Crippen molar-refractivity contribution in [3.8, 4) is 0 Å². The Hall–Kier alpha value is -1.84. The van der Waals surface area contributed by atoms with E-state index in [4.69, 9.17) is 10.2 Å². The molecule has 1 aromatic rings. The molecule has 0 saturated carbocycles. The van der Waals surface area contributed by atoms with Crippen LogP contribution in [-0.2, 0) is 16.0 Å². The van der Waals surface area contributed by atoms with Gasteiger partial charge >= 0.3 is 11.9 Å². The zero-order valence-corrected chi connectivity index (χ0v) is 9.93. The molecule has 0 aliphatic carbocycles. The molecule has 0 heterocycles. The third-order valence-electron chi connectivity index (χ3n) is 2.95. The molecule has 1 atom stereocenters. The molecular weight excluding hydrogens is 220 g/mol. The number of hydrogen-bond acceptors (Lipinski definition) is 2. The molecule has 0 fully saturated rings. The lowest BCUT2D eigenvalue weighted by Gasteiger charge is -2.13. The lowest BCUT2D eigenvalue weighted by Crippen LogP contribution is -2.20. The van der Waals surface area contributed by atoms with Crippen LogP contribution in [0.15, 0.2) is 18.2 Å². The second-order valence-corrected chi connectivity index (χ2v) is 4.20. The first-order valence-electron chi connectivity index (χ1n) is 5.41. The highest BCUT2D eigenvalue weighted by Gasteiger charge is 2.22. The van der Waals surface area contributed by atoms with Crippen LogP contribution in [0.5, 0.6) is 0 Å². The minimum Gasteiger partial charge on any atom is -0.481 e. The number of rotatable bonds is 5. The molecule has 17 heavy (non-hydrogen) atoms. The van der Waals surface area contributed by atoms with Gasteiger partial charge in [-0.1, -0.05) is 18.2 Å². The van der Waals surface area contributed by atoms with E-state index in [0.29, 0.717) is 0 Å². The normalized spacial score (nSPS) is 12.1. The summed E-state index contributed by atoms with van der Waals surface area (Å²) in [6.45, 7) is 3.87. The summed E-state index contributed by atoms with van der Waals surface area (Å²) in [6, 6.07) is 5.66. The van der Waals surface area contributed by atoms with Crippen LogP contribution in [0, 0.1) is 19.8 Å². The van der Waals surface area contributed by atoms with Crippen molar-refractivity contribution >= 4 is 11.9 Å². The predicted octanol–water partition coefficient (Wildman–Crippen LogP) is 2.02. The number of benzene rings is 1. The van der Waals surface area contributed by atoms with Crippen LogP contribution >= 0.6 is 0 Å². The topological polar surface area (TPSA) is 74.6 Å². The number of carboxylic acids is 2. The van der Waals surface area contributed by atoms with Crippen LogP contribution in [-0.4, -0.2) is 22.2 Å². The Balaban J connectivity index is 2.90. The Labute approximate surface area is 99.9 Å². The third-order valence-corrected chi connectivity index (χ3v) is 2.95. The van der Waals surface area contributed by atoms with Gasteiger partial charge in [0, 0.05) is 0 Å². The molecule has 0 bridgehead atoms. The van der Waals surface area contributed by atoms with Crippen molar-refractivity contribution in [3.05, 3.63) is 34.9 Å². The predicted molar refractivity (Wildman–Crippen MR) is 63.0 cm³/mol. The molecular formula is C13H16O4. The minimum atomic E-state index is -1.08. The van der Waals surface area contributed by atoms with Crippen molar-refractivity contribution in [2.45, 2.75) is 26.7 Å². The lowest BCUT2D eigenvalue weighted by molar-refractivity contribution is -0.148. The standard InChI is InChI=1S/C13H16O4/c1-8-4-3-5-10(9(8)2)6-11(13(16)17)7-12(14)15/h3-5,11H,6-7H2,1-2H3,(H,14,15)(H,16,17). The van der Waals surface area contributed by atoms with Crippen molar-refractivity contribution in [2.75, 3.05) is 0 Å². The number of hydrogen-bond donors (Lipinski definition) is 2. The molecule has 0 aliphatic heterocycles. The van der Waals surface area contributed by atoms with E-state index in [1.165, 1.54) is 0 Å². The maximum Gasteiger partial charge on any atom is 0.307 e. The first-order valence-corrected chi connectivity index (χ1v) is 5.41. The van der Waals surface area contributed by atoms with E-state index in [-0.39, 0.29) is 12.8 Å². The van der Waals surface area contributed by atoms with Gasteiger partial charge in [0.05, 0.1) is 12.3 Å². The van der Waals surface area contributed by atoms with Crippen LogP contribution in [0.1, 0.15) is 23.1 Å². The van der Waals surface area contributed by atoms with Gasteiger partial charge in [-0.2, -0.15) is 0 Å². The van der Waals surface area contributed by atoms with Gasteiger partial charge in [-0.3, -0.25) is 9.59 Å². The average Bonchev–Trinajstić information content (AvgIpc) is 2.22. The second-order valence-electron chi connectivity index (χ2n) is 4.20. The Kier molecular flexibility index (Phi) is 4.26. The summed E-state index contributed by atoms with van der Waals surface area (Å²) in [5.74, 6) is -3.01.